The Labute approximate surface area is 210 Å². The molecule has 36 heavy (non-hydrogen) atoms. The number of nitrogens with one attached hydrogen (secondary N) is 1. The molecule has 0 aromatic heterocycles. The van der Waals surface area contributed by atoms with Crippen molar-refractivity contribution in [2.45, 2.75) is 64.0 Å². The van der Waals surface area contributed by atoms with Crippen LogP contribution < -0.4 is 15.1 Å². The van der Waals surface area contributed by atoms with E-state index in [2.05, 4.69) is 11.4 Å². The third-order valence-corrected chi connectivity index (χ3v) is 7.18. The summed E-state index contributed by atoms with van der Waals surface area (Å²) in [6, 6.07) is 6.99. The number of ether oxygens (including phenoxy) is 1. The molecule has 0 spiro atoms. The van der Waals surface area contributed by atoms with Gasteiger partial charge in [-0.15, -0.1) is 0 Å². The zero-order chi connectivity index (χ0) is 25.7. The van der Waals surface area contributed by atoms with Crippen LogP contribution in [0.15, 0.2) is 29.5 Å². The van der Waals surface area contributed by atoms with Crippen LogP contribution in [-0.4, -0.2) is 61.6 Å². The normalized spacial score (nSPS) is 20.5. The van der Waals surface area contributed by atoms with Gasteiger partial charge in [-0.2, -0.15) is 5.26 Å². The molecule has 1 unspecified atom stereocenters. The second-order valence-corrected chi connectivity index (χ2v) is 9.54. The molecule has 192 valence electrons. The van der Waals surface area contributed by atoms with Gasteiger partial charge in [-0.1, -0.05) is 19.3 Å². The standard InChI is InChI=1S/C26H32FN5O4/c1-18(34)29-15-22-16-31(26(35)36-22)21-7-8-24(23(27)13-21)30-11-9-19(10-12-30)25(14-28)32(17-33)20-5-3-2-4-6-20/h7-8,13,17,20,22H,2-6,9-12,15-16H2,1H3,(H,29,34). The summed E-state index contributed by atoms with van der Waals surface area (Å²) in [5, 5.41) is 12.4. The number of cyclic esters (lactones) is 1. The lowest BCUT2D eigenvalue weighted by atomic mass is 9.93. The topological polar surface area (TPSA) is 106 Å². The lowest BCUT2D eigenvalue weighted by molar-refractivity contribution is -0.119. The smallest absolute Gasteiger partial charge is 0.414 e. The molecule has 2 heterocycles. The summed E-state index contributed by atoms with van der Waals surface area (Å²) in [4.78, 5) is 40.1. The van der Waals surface area contributed by atoms with Crippen molar-refractivity contribution >= 4 is 29.8 Å². The maximum Gasteiger partial charge on any atom is 0.414 e. The van der Waals surface area contributed by atoms with E-state index < -0.39 is 18.0 Å². The molecule has 9 nitrogen and oxygen atoms in total. The molecule has 3 amide bonds. The molecular weight excluding hydrogens is 465 g/mol. The summed E-state index contributed by atoms with van der Waals surface area (Å²) in [6.45, 7) is 2.87. The number of piperidine rings is 1. The Balaban J connectivity index is 1.41. The first-order chi connectivity index (χ1) is 17.4. The third-order valence-electron chi connectivity index (χ3n) is 7.18. The highest BCUT2D eigenvalue weighted by molar-refractivity contribution is 5.90. The van der Waals surface area contributed by atoms with Gasteiger partial charge in [0.25, 0.3) is 0 Å². The number of nitriles is 1. The molecule has 1 aromatic rings. The SMILES string of the molecule is CC(=O)NCC1CN(c2ccc(N3CCC(=C(C#N)N(C=O)C4CCCCC4)CC3)c(F)c2)C(=O)O1. The Kier molecular flexibility index (Phi) is 8.08. The van der Waals surface area contributed by atoms with Crippen molar-refractivity contribution in [1.29, 1.82) is 5.26 Å². The molecule has 3 fully saturated rings. The highest BCUT2D eigenvalue weighted by Crippen LogP contribution is 2.32. The van der Waals surface area contributed by atoms with Crippen LogP contribution in [0, 0.1) is 17.1 Å². The number of anilines is 2. The van der Waals surface area contributed by atoms with E-state index in [-0.39, 0.29) is 25.0 Å². The molecule has 1 saturated carbocycles. The van der Waals surface area contributed by atoms with Crippen molar-refractivity contribution in [3.05, 3.63) is 35.3 Å². The molecule has 2 saturated heterocycles. The Morgan fingerprint density at radius 2 is 2.00 bits per heavy atom. The number of halogens is 1. The maximum absolute atomic E-state index is 15.1. The average Bonchev–Trinajstić information content (AvgIpc) is 3.27. The van der Waals surface area contributed by atoms with E-state index in [1.165, 1.54) is 17.9 Å². The minimum absolute atomic E-state index is 0.0801. The molecule has 2 aliphatic heterocycles. The van der Waals surface area contributed by atoms with Crippen LogP contribution in [-0.2, 0) is 14.3 Å². The van der Waals surface area contributed by atoms with Gasteiger partial charge in [-0.3, -0.25) is 14.5 Å². The molecular formula is C26H32FN5O4. The predicted molar refractivity (Wildman–Crippen MR) is 132 cm³/mol. The van der Waals surface area contributed by atoms with Gasteiger partial charge in [-0.25, -0.2) is 9.18 Å². The number of rotatable bonds is 7. The Morgan fingerprint density at radius 1 is 1.28 bits per heavy atom. The summed E-state index contributed by atoms with van der Waals surface area (Å²) >= 11 is 0. The number of benzene rings is 1. The highest BCUT2D eigenvalue weighted by Gasteiger charge is 2.33. The van der Waals surface area contributed by atoms with Crippen LogP contribution in [0.4, 0.5) is 20.6 Å². The first kappa shape index (κ1) is 25.5. The van der Waals surface area contributed by atoms with Crippen LogP contribution in [0.5, 0.6) is 0 Å². The van der Waals surface area contributed by atoms with Crippen LogP contribution in [0.3, 0.4) is 0 Å². The van der Waals surface area contributed by atoms with E-state index >= 15 is 4.39 Å². The molecule has 1 aliphatic carbocycles. The van der Waals surface area contributed by atoms with Gasteiger partial charge in [0, 0.05) is 26.1 Å². The summed E-state index contributed by atoms with van der Waals surface area (Å²) < 4.78 is 20.4. The summed E-state index contributed by atoms with van der Waals surface area (Å²) in [6.07, 6.45) is 5.99. The van der Waals surface area contributed by atoms with Crippen LogP contribution in [0.1, 0.15) is 51.9 Å². The van der Waals surface area contributed by atoms with E-state index in [1.54, 1.807) is 17.0 Å². The molecule has 4 rings (SSSR count). The Morgan fingerprint density at radius 3 is 2.61 bits per heavy atom. The predicted octanol–water partition coefficient (Wildman–Crippen LogP) is 3.46. The number of carbonyl (C=O) groups excluding carboxylic acids is 3. The van der Waals surface area contributed by atoms with Gasteiger partial charge in [0.2, 0.25) is 12.3 Å². The minimum atomic E-state index is -0.577. The fourth-order valence-electron chi connectivity index (χ4n) is 5.27. The molecule has 3 aliphatic rings. The van der Waals surface area contributed by atoms with E-state index in [0.717, 1.165) is 44.1 Å². The van der Waals surface area contributed by atoms with Crippen molar-refractivity contribution in [2.75, 3.05) is 36.0 Å². The van der Waals surface area contributed by atoms with Gasteiger partial charge < -0.3 is 19.9 Å². The maximum atomic E-state index is 15.1. The quantitative estimate of drug-likeness (QED) is 0.457. The monoisotopic (exact) mass is 497 g/mol. The molecule has 1 aromatic carbocycles. The van der Waals surface area contributed by atoms with Crippen molar-refractivity contribution < 1.29 is 23.5 Å². The summed E-state index contributed by atoms with van der Waals surface area (Å²) in [7, 11) is 0. The van der Waals surface area contributed by atoms with E-state index in [0.29, 0.717) is 43.0 Å². The fraction of sp³-hybridized carbons (Fsp3) is 0.538. The number of amides is 3. The van der Waals surface area contributed by atoms with E-state index in [1.807, 2.05) is 4.90 Å². The minimum Gasteiger partial charge on any atom is -0.442 e. The van der Waals surface area contributed by atoms with E-state index in [4.69, 9.17) is 4.74 Å². The average molecular weight is 498 g/mol. The van der Waals surface area contributed by atoms with Gasteiger partial charge in [0.1, 0.15) is 23.7 Å². The van der Waals surface area contributed by atoms with Crippen LogP contribution in [0.2, 0.25) is 0 Å². The molecule has 10 heteroatoms. The van der Waals surface area contributed by atoms with Crippen LogP contribution >= 0.6 is 0 Å². The zero-order valence-electron chi connectivity index (χ0n) is 20.5. The van der Waals surface area contributed by atoms with Crippen molar-refractivity contribution in [3.8, 4) is 6.07 Å². The largest absolute Gasteiger partial charge is 0.442 e. The number of hydrogen-bond donors (Lipinski definition) is 1. The van der Waals surface area contributed by atoms with Crippen LogP contribution in [0.25, 0.3) is 0 Å². The van der Waals surface area contributed by atoms with Crippen molar-refractivity contribution in [3.63, 3.8) is 0 Å². The van der Waals surface area contributed by atoms with Gasteiger partial charge in [0.05, 0.1) is 24.5 Å². The Bertz CT molecular complexity index is 1070. The second-order valence-electron chi connectivity index (χ2n) is 9.54. The molecule has 1 atom stereocenters. The summed E-state index contributed by atoms with van der Waals surface area (Å²) in [5.74, 6) is -0.663. The second kappa shape index (κ2) is 11.4. The molecule has 0 bridgehead atoms. The van der Waals surface area contributed by atoms with E-state index in [9.17, 15) is 19.6 Å². The number of hydrogen-bond acceptors (Lipinski definition) is 6. The number of carbonyl (C=O) groups is 3. The van der Waals surface area contributed by atoms with Gasteiger partial charge >= 0.3 is 6.09 Å². The third kappa shape index (κ3) is 5.61. The number of allylic oxidation sites excluding steroid dienone is 1. The van der Waals surface area contributed by atoms with Crippen molar-refractivity contribution in [2.24, 2.45) is 0 Å². The fourth-order valence-corrected chi connectivity index (χ4v) is 5.27. The summed E-state index contributed by atoms with van der Waals surface area (Å²) in [5.41, 5.74) is 2.21. The molecule has 0 radical (unpaired) electrons. The molecule has 1 N–H and O–H groups in total. The zero-order valence-corrected chi connectivity index (χ0v) is 20.5. The lowest BCUT2D eigenvalue weighted by Crippen LogP contribution is -2.37. The first-order valence-electron chi connectivity index (χ1n) is 12.5. The first-order valence-corrected chi connectivity index (χ1v) is 12.5. The highest BCUT2D eigenvalue weighted by atomic mass is 19.1. The number of nitrogens with zero attached hydrogens (tertiary/aromatic N) is 4. The Hall–Kier alpha value is -3.61. The van der Waals surface area contributed by atoms with Crippen molar-refractivity contribution in [1.82, 2.24) is 10.2 Å². The lowest BCUT2D eigenvalue weighted by Gasteiger charge is -2.35. The van der Waals surface area contributed by atoms with Gasteiger partial charge in [0.15, 0.2) is 0 Å². The van der Waals surface area contributed by atoms with Gasteiger partial charge in [-0.05, 0) is 49.5 Å².